The predicted octanol–water partition coefficient (Wildman–Crippen LogP) is 1.46. The second-order valence-electron chi connectivity index (χ2n) is 3.67. The van der Waals surface area contributed by atoms with E-state index in [1.54, 1.807) is 0 Å². The molecule has 4 heteroatoms. The third-order valence-electron chi connectivity index (χ3n) is 2.01. The lowest BCUT2D eigenvalue weighted by molar-refractivity contribution is -0.436. The van der Waals surface area contributed by atoms with E-state index in [-0.39, 0.29) is 0 Å². The van der Waals surface area contributed by atoms with Gasteiger partial charge < -0.3 is 20.4 Å². The SMILES string of the molecule is C=C(CCCC)c1ccccc1.OC(O)(O)O. The van der Waals surface area contributed by atoms with Crippen molar-refractivity contribution in [1.82, 2.24) is 0 Å². The van der Waals surface area contributed by atoms with Gasteiger partial charge in [0, 0.05) is 0 Å². The number of hydrogen-bond acceptors (Lipinski definition) is 4. The van der Waals surface area contributed by atoms with E-state index in [0.717, 1.165) is 6.42 Å². The fraction of sp³-hybridized carbons (Fsp3) is 0.385. The van der Waals surface area contributed by atoms with E-state index >= 15 is 0 Å². The molecule has 0 aliphatic carbocycles. The molecule has 4 N–H and O–H groups in total. The van der Waals surface area contributed by atoms with Gasteiger partial charge in [0.25, 0.3) is 0 Å². The Morgan fingerprint density at radius 3 is 2.00 bits per heavy atom. The molecule has 0 unspecified atom stereocenters. The number of unbranched alkanes of at least 4 members (excludes halogenated alkanes) is 1. The molecule has 0 radical (unpaired) electrons. The van der Waals surface area contributed by atoms with Crippen molar-refractivity contribution >= 4 is 5.57 Å². The number of rotatable bonds is 4. The van der Waals surface area contributed by atoms with E-state index in [0.29, 0.717) is 0 Å². The molecular weight excluding hydrogens is 220 g/mol. The van der Waals surface area contributed by atoms with Gasteiger partial charge in [0.05, 0.1) is 0 Å². The van der Waals surface area contributed by atoms with Crippen LogP contribution < -0.4 is 0 Å². The summed E-state index contributed by atoms with van der Waals surface area (Å²) in [6.07, 6.45) is 0.111. The van der Waals surface area contributed by atoms with Gasteiger partial charge in [-0.1, -0.05) is 50.3 Å². The molecule has 0 amide bonds. The molecule has 0 fully saturated rings. The van der Waals surface area contributed by atoms with Gasteiger partial charge in [0.15, 0.2) is 0 Å². The third kappa shape index (κ3) is 11.1. The summed E-state index contributed by atoms with van der Waals surface area (Å²) in [4.78, 5) is 0. The standard InChI is InChI=1S/C12H16.CH4O4/c1-3-4-8-11(2)12-9-6-5-7-10-12;2-1(3,4)5/h5-7,9-10H,2-4,8H2,1H3;2-5H. The molecule has 0 spiro atoms. The van der Waals surface area contributed by atoms with Crippen molar-refractivity contribution in [1.29, 1.82) is 0 Å². The van der Waals surface area contributed by atoms with Crippen LogP contribution in [0.25, 0.3) is 5.57 Å². The van der Waals surface area contributed by atoms with Crippen LogP contribution in [-0.4, -0.2) is 26.6 Å². The molecule has 0 atom stereocenters. The molecule has 1 aromatic carbocycles. The van der Waals surface area contributed by atoms with Crippen LogP contribution in [-0.2, 0) is 0 Å². The van der Waals surface area contributed by atoms with Crippen molar-refractivity contribution in [2.24, 2.45) is 0 Å². The second-order valence-corrected chi connectivity index (χ2v) is 3.67. The van der Waals surface area contributed by atoms with Crippen molar-refractivity contribution in [3.05, 3.63) is 42.5 Å². The fourth-order valence-corrected chi connectivity index (χ4v) is 1.21. The number of allylic oxidation sites excluding steroid dienone is 1. The van der Waals surface area contributed by atoms with Crippen LogP contribution in [0, 0.1) is 0 Å². The van der Waals surface area contributed by atoms with Crippen molar-refractivity contribution in [2.75, 3.05) is 0 Å². The maximum atomic E-state index is 7.19. The molecule has 0 saturated carbocycles. The maximum Gasteiger partial charge on any atom is 0.402 e. The van der Waals surface area contributed by atoms with Crippen LogP contribution in [0.15, 0.2) is 36.9 Å². The third-order valence-corrected chi connectivity index (χ3v) is 2.01. The summed E-state index contributed by atoms with van der Waals surface area (Å²) in [5.41, 5.74) is 2.54. The topological polar surface area (TPSA) is 80.9 Å². The van der Waals surface area contributed by atoms with E-state index in [4.69, 9.17) is 20.4 Å². The van der Waals surface area contributed by atoms with Gasteiger partial charge in [0.2, 0.25) is 0 Å². The first-order chi connectivity index (χ1) is 7.84. The lowest BCUT2D eigenvalue weighted by Crippen LogP contribution is -2.25. The van der Waals surface area contributed by atoms with Gasteiger partial charge in [-0.2, -0.15) is 0 Å². The Morgan fingerprint density at radius 2 is 1.59 bits per heavy atom. The van der Waals surface area contributed by atoms with Gasteiger partial charge in [0.1, 0.15) is 0 Å². The van der Waals surface area contributed by atoms with E-state index in [2.05, 4.69) is 37.8 Å². The molecule has 0 aliphatic heterocycles. The highest BCUT2D eigenvalue weighted by molar-refractivity contribution is 5.62. The number of hydrogen-bond donors (Lipinski definition) is 4. The first kappa shape index (κ1) is 15.8. The quantitative estimate of drug-likeness (QED) is 0.601. The highest BCUT2D eigenvalue weighted by Crippen LogP contribution is 2.17. The normalized spacial score (nSPS) is 10.4. The lowest BCUT2D eigenvalue weighted by atomic mass is 10.0. The minimum absolute atomic E-state index is 1.13. The molecule has 17 heavy (non-hydrogen) atoms. The van der Waals surface area contributed by atoms with Crippen LogP contribution >= 0.6 is 0 Å². The Labute approximate surface area is 101 Å². The zero-order valence-electron chi connectivity index (χ0n) is 10.0. The maximum absolute atomic E-state index is 7.19. The number of benzene rings is 1. The van der Waals surface area contributed by atoms with Crippen LogP contribution in [0.4, 0.5) is 0 Å². The van der Waals surface area contributed by atoms with Crippen LogP contribution in [0.1, 0.15) is 31.7 Å². The first-order valence-corrected chi connectivity index (χ1v) is 5.47. The lowest BCUT2D eigenvalue weighted by Gasteiger charge is -2.03. The van der Waals surface area contributed by atoms with Crippen molar-refractivity contribution in [2.45, 2.75) is 32.3 Å². The second kappa shape index (κ2) is 7.97. The summed E-state index contributed by atoms with van der Waals surface area (Å²) in [6.45, 7) is 6.27. The summed E-state index contributed by atoms with van der Waals surface area (Å²) < 4.78 is 0. The smallest absolute Gasteiger partial charge is 0.319 e. The van der Waals surface area contributed by atoms with E-state index in [1.165, 1.54) is 24.0 Å². The van der Waals surface area contributed by atoms with E-state index < -0.39 is 6.16 Å². The monoisotopic (exact) mass is 240 g/mol. The Hall–Kier alpha value is -1.20. The minimum Gasteiger partial charge on any atom is -0.319 e. The Kier molecular flexibility index (Phi) is 7.41. The van der Waals surface area contributed by atoms with Gasteiger partial charge in [-0.05, 0) is 24.0 Å². The highest BCUT2D eigenvalue weighted by Gasteiger charge is 2.08. The molecule has 0 heterocycles. The highest BCUT2D eigenvalue weighted by atomic mass is 16.8. The molecule has 96 valence electrons. The summed E-state index contributed by atoms with van der Waals surface area (Å²) in [5.74, 6) is 0. The largest absolute Gasteiger partial charge is 0.402 e. The molecule has 0 bridgehead atoms. The van der Waals surface area contributed by atoms with Crippen molar-refractivity contribution in [3.63, 3.8) is 0 Å². The molecule has 1 aromatic rings. The molecule has 0 aromatic heterocycles. The van der Waals surface area contributed by atoms with Gasteiger partial charge >= 0.3 is 6.16 Å². The fourth-order valence-electron chi connectivity index (χ4n) is 1.21. The summed E-state index contributed by atoms with van der Waals surface area (Å²) in [6, 6.07) is 10.4. The molecule has 4 nitrogen and oxygen atoms in total. The zero-order valence-corrected chi connectivity index (χ0v) is 10.0. The zero-order chi connectivity index (χ0) is 13.3. The van der Waals surface area contributed by atoms with Gasteiger partial charge in [-0.3, -0.25) is 0 Å². The van der Waals surface area contributed by atoms with Crippen molar-refractivity contribution in [3.8, 4) is 0 Å². The summed E-state index contributed by atoms with van der Waals surface area (Å²) >= 11 is 0. The van der Waals surface area contributed by atoms with Crippen LogP contribution in [0.5, 0.6) is 0 Å². The van der Waals surface area contributed by atoms with Crippen LogP contribution in [0.3, 0.4) is 0 Å². The molecule has 0 aliphatic rings. The average Bonchev–Trinajstić information content (AvgIpc) is 2.25. The first-order valence-electron chi connectivity index (χ1n) is 5.47. The van der Waals surface area contributed by atoms with Gasteiger partial charge in [-0.15, -0.1) is 0 Å². The van der Waals surface area contributed by atoms with Gasteiger partial charge in [-0.25, -0.2) is 0 Å². The Morgan fingerprint density at radius 1 is 1.12 bits per heavy atom. The van der Waals surface area contributed by atoms with Crippen LogP contribution in [0.2, 0.25) is 0 Å². The Bertz CT molecular complexity index is 308. The summed E-state index contributed by atoms with van der Waals surface area (Å²) in [7, 11) is 0. The summed E-state index contributed by atoms with van der Waals surface area (Å²) in [5, 5.41) is 28.8. The van der Waals surface area contributed by atoms with E-state index in [1.807, 2.05) is 6.07 Å². The minimum atomic E-state index is -3.50. The predicted molar refractivity (Wildman–Crippen MR) is 66.6 cm³/mol. The Balaban J connectivity index is 0.000000437. The molecule has 1 rings (SSSR count). The number of aliphatic hydroxyl groups is 4. The van der Waals surface area contributed by atoms with E-state index in [9.17, 15) is 0 Å². The van der Waals surface area contributed by atoms with Crippen molar-refractivity contribution < 1.29 is 20.4 Å². The molecular formula is C13H20O4. The molecule has 0 saturated heterocycles. The average molecular weight is 240 g/mol.